The van der Waals surface area contributed by atoms with Gasteiger partial charge in [-0.15, -0.1) is 0 Å². The highest BCUT2D eigenvalue weighted by Gasteiger charge is 2.35. The van der Waals surface area contributed by atoms with E-state index in [4.69, 9.17) is 18.1 Å². The molecule has 1 aliphatic heterocycles. The van der Waals surface area contributed by atoms with Gasteiger partial charge < -0.3 is 15.5 Å². The van der Waals surface area contributed by atoms with E-state index < -0.39 is 12.0 Å². The molecular weight excluding hydrogens is 198 g/mol. The van der Waals surface area contributed by atoms with Gasteiger partial charge in [0.1, 0.15) is 6.17 Å². The van der Waals surface area contributed by atoms with Crippen molar-refractivity contribution in [2.75, 3.05) is 20.1 Å². The first-order valence-electron chi connectivity index (χ1n) is 5.25. The van der Waals surface area contributed by atoms with Crippen molar-refractivity contribution in [3.8, 4) is 0 Å². The number of alkyl halides is 1. The van der Waals surface area contributed by atoms with Crippen LogP contribution in [0.25, 0.3) is 0 Å². The second kappa shape index (κ2) is 6.42. The lowest BCUT2D eigenvalue weighted by Gasteiger charge is -2.40. The number of hydrogen-bond acceptors (Lipinski definition) is 4. The van der Waals surface area contributed by atoms with Crippen molar-refractivity contribution in [3.63, 3.8) is 0 Å². The molecule has 3 N–H and O–H groups in total. The fraction of sp³-hybridized carbons (Fsp3) is 1.00. The molecule has 1 saturated heterocycles. The van der Waals surface area contributed by atoms with Crippen molar-refractivity contribution in [2.45, 2.75) is 38.3 Å². The molecule has 0 aromatic carbocycles. The van der Waals surface area contributed by atoms with Gasteiger partial charge in [-0.3, -0.25) is 4.90 Å². The van der Waals surface area contributed by atoms with Crippen molar-refractivity contribution in [3.05, 3.63) is 0 Å². The SMILES string of the molecule is CC.[B]C(O)(O)N1CCC(NC)C(F)C1. The molecule has 0 aromatic rings. The van der Waals surface area contributed by atoms with E-state index in [0.717, 1.165) is 4.90 Å². The summed E-state index contributed by atoms with van der Waals surface area (Å²) in [5.74, 6) is -2.40. The smallest absolute Gasteiger partial charge is 0.178 e. The Bertz CT molecular complexity index is 178. The number of piperidine rings is 1. The van der Waals surface area contributed by atoms with Crippen molar-refractivity contribution in [1.29, 1.82) is 0 Å². The Morgan fingerprint density at radius 2 is 2.00 bits per heavy atom. The average Bonchev–Trinajstić information content (AvgIpc) is 2.19. The fourth-order valence-electron chi connectivity index (χ4n) is 1.53. The molecule has 0 bridgehead atoms. The van der Waals surface area contributed by atoms with E-state index in [1.165, 1.54) is 0 Å². The summed E-state index contributed by atoms with van der Waals surface area (Å²) < 4.78 is 13.2. The number of halogens is 1. The van der Waals surface area contributed by atoms with Crippen LogP contribution < -0.4 is 5.32 Å². The predicted molar refractivity (Wildman–Crippen MR) is 58.2 cm³/mol. The van der Waals surface area contributed by atoms with Crippen LogP contribution in [-0.2, 0) is 0 Å². The van der Waals surface area contributed by atoms with Crippen LogP contribution >= 0.6 is 0 Å². The molecule has 1 heterocycles. The largest absolute Gasteiger partial charge is 0.362 e. The van der Waals surface area contributed by atoms with E-state index in [9.17, 15) is 4.39 Å². The molecule has 0 saturated carbocycles. The van der Waals surface area contributed by atoms with E-state index in [-0.39, 0.29) is 12.6 Å². The van der Waals surface area contributed by atoms with Crippen molar-refractivity contribution >= 4 is 7.85 Å². The van der Waals surface area contributed by atoms with Gasteiger partial charge in [-0.25, -0.2) is 4.39 Å². The topological polar surface area (TPSA) is 55.7 Å². The Morgan fingerprint density at radius 1 is 1.47 bits per heavy atom. The Kier molecular flexibility index (Phi) is 6.35. The van der Waals surface area contributed by atoms with E-state index in [0.29, 0.717) is 13.0 Å². The summed E-state index contributed by atoms with van der Waals surface area (Å²) >= 11 is 0. The molecule has 0 aromatic heterocycles. The Labute approximate surface area is 91.9 Å². The summed E-state index contributed by atoms with van der Waals surface area (Å²) in [5.41, 5.74) is 0. The van der Waals surface area contributed by atoms with Gasteiger partial charge in [0.05, 0.1) is 0 Å². The van der Waals surface area contributed by atoms with E-state index in [2.05, 4.69) is 5.32 Å². The third kappa shape index (κ3) is 4.46. The molecule has 2 radical (unpaired) electrons. The van der Waals surface area contributed by atoms with Crippen molar-refractivity contribution < 1.29 is 14.6 Å². The molecule has 4 nitrogen and oxygen atoms in total. The third-order valence-electron chi connectivity index (χ3n) is 2.38. The minimum Gasteiger partial charge on any atom is -0.362 e. The molecule has 6 heteroatoms. The predicted octanol–water partition coefficient (Wildman–Crippen LogP) is -0.591. The Hall–Kier alpha value is -0.165. The second-order valence-corrected chi connectivity index (χ2v) is 3.33. The van der Waals surface area contributed by atoms with Crippen LogP contribution in [0.2, 0.25) is 0 Å². The summed E-state index contributed by atoms with van der Waals surface area (Å²) in [5, 5.41) is 20.8. The molecule has 2 atom stereocenters. The van der Waals surface area contributed by atoms with Crippen molar-refractivity contribution in [1.82, 2.24) is 10.2 Å². The van der Waals surface area contributed by atoms with Gasteiger partial charge in [0, 0.05) is 19.1 Å². The lowest BCUT2D eigenvalue weighted by molar-refractivity contribution is -0.208. The zero-order chi connectivity index (χ0) is 12.1. The van der Waals surface area contributed by atoms with Crippen LogP contribution in [0.15, 0.2) is 0 Å². The van der Waals surface area contributed by atoms with Crippen LogP contribution in [0, 0.1) is 0 Å². The minimum atomic E-state index is -2.40. The van der Waals surface area contributed by atoms with Gasteiger partial charge >= 0.3 is 0 Å². The van der Waals surface area contributed by atoms with Crippen molar-refractivity contribution in [2.24, 2.45) is 0 Å². The highest BCUT2D eigenvalue weighted by Crippen LogP contribution is 2.17. The fourth-order valence-corrected chi connectivity index (χ4v) is 1.53. The molecule has 88 valence electrons. The summed E-state index contributed by atoms with van der Waals surface area (Å²) in [7, 11) is 6.69. The standard InChI is InChI=1S/C7H14BFN2O2.C2H6/c1-10-6-2-3-11(4-5(6)9)7(8,12)13;1-2/h5-6,10,12-13H,2-4H2,1H3;1-2H3. The van der Waals surface area contributed by atoms with E-state index in [1.807, 2.05) is 13.8 Å². The van der Waals surface area contributed by atoms with Gasteiger partial charge in [-0.1, -0.05) is 13.8 Å². The number of nitrogens with one attached hydrogen (secondary N) is 1. The van der Waals surface area contributed by atoms with Gasteiger partial charge in [-0.05, 0) is 13.5 Å². The van der Waals surface area contributed by atoms with Crippen LogP contribution in [0.4, 0.5) is 4.39 Å². The minimum absolute atomic E-state index is 0.0605. The number of nitrogens with zero attached hydrogens (tertiary/aromatic N) is 1. The number of likely N-dealkylation sites (tertiary alicyclic amines) is 1. The molecule has 1 fully saturated rings. The number of rotatable bonds is 2. The molecule has 1 rings (SSSR count). The van der Waals surface area contributed by atoms with E-state index in [1.54, 1.807) is 7.05 Å². The molecule has 2 unspecified atom stereocenters. The summed E-state index contributed by atoms with van der Waals surface area (Å²) in [4.78, 5) is 1.10. The maximum Gasteiger partial charge on any atom is 0.178 e. The van der Waals surface area contributed by atoms with Crippen LogP contribution in [-0.4, -0.2) is 61.1 Å². The van der Waals surface area contributed by atoms with Gasteiger partial charge in [0.15, 0.2) is 13.7 Å². The lowest BCUT2D eigenvalue weighted by Crippen LogP contribution is -2.58. The average molecular weight is 218 g/mol. The maximum atomic E-state index is 13.2. The zero-order valence-corrected chi connectivity index (χ0v) is 9.57. The zero-order valence-electron chi connectivity index (χ0n) is 9.57. The summed E-state index contributed by atoms with van der Waals surface area (Å²) in [6.07, 6.45) is -0.612. The molecule has 1 aliphatic rings. The third-order valence-corrected chi connectivity index (χ3v) is 2.38. The van der Waals surface area contributed by atoms with E-state index >= 15 is 0 Å². The number of hydrogen-bond donors (Lipinski definition) is 3. The second-order valence-electron chi connectivity index (χ2n) is 3.33. The first kappa shape index (κ1) is 14.8. The van der Waals surface area contributed by atoms with Crippen LogP contribution in [0.5, 0.6) is 0 Å². The monoisotopic (exact) mass is 218 g/mol. The van der Waals surface area contributed by atoms with Gasteiger partial charge in [0.2, 0.25) is 0 Å². The van der Waals surface area contributed by atoms with Gasteiger partial charge in [0.25, 0.3) is 0 Å². The molecule has 0 amide bonds. The highest BCUT2D eigenvalue weighted by atomic mass is 19.1. The summed E-state index contributed by atoms with van der Waals surface area (Å²) in [6.45, 7) is 4.31. The van der Waals surface area contributed by atoms with Crippen LogP contribution in [0.1, 0.15) is 20.3 Å². The maximum absolute atomic E-state index is 13.2. The molecule has 0 spiro atoms. The number of aliphatic hydroxyl groups is 2. The summed E-state index contributed by atoms with van der Waals surface area (Å²) in [6, 6.07) is -0.224. The molecule has 0 aliphatic carbocycles. The Morgan fingerprint density at radius 3 is 2.33 bits per heavy atom. The quantitative estimate of drug-likeness (QED) is 0.428. The van der Waals surface area contributed by atoms with Gasteiger partial charge in [-0.2, -0.15) is 0 Å². The Balaban J connectivity index is 0.000000921. The first-order chi connectivity index (χ1) is 6.95. The molecular formula is C9H20BFN2O2. The highest BCUT2D eigenvalue weighted by molar-refractivity contribution is 6.12. The molecule has 15 heavy (non-hydrogen) atoms. The first-order valence-corrected chi connectivity index (χ1v) is 5.25. The van der Waals surface area contributed by atoms with Crippen LogP contribution in [0.3, 0.4) is 0 Å². The lowest BCUT2D eigenvalue weighted by atomic mass is 9.96. The normalized spacial score (nSPS) is 28.1.